The van der Waals surface area contributed by atoms with Gasteiger partial charge in [-0.3, -0.25) is 9.89 Å². The molecular weight excluding hydrogens is 487 g/mol. The van der Waals surface area contributed by atoms with Gasteiger partial charge in [0.25, 0.3) is 5.91 Å². The lowest BCUT2D eigenvalue weighted by molar-refractivity contribution is -0.136. The molecule has 9 nitrogen and oxygen atoms in total. The third-order valence-electron chi connectivity index (χ3n) is 5.67. The average Bonchev–Trinajstić information content (AvgIpc) is 3.49. The van der Waals surface area contributed by atoms with E-state index < -0.39 is 11.7 Å². The summed E-state index contributed by atoms with van der Waals surface area (Å²) in [4.78, 5) is 20.6. The van der Waals surface area contributed by atoms with Crippen molar-refractivity contribution in [1.82, 2.24) is 20.2 Å². The van der Waals surface area contributed by atoms with Crippen molar-refractivity contribution in [3.05, 3.63) is 71.9 Å². The van der Waals surface area contributed by atoms with Crippen LogP contribution in [0.4, 0.5) is 36.2 Å². The zero-order valence-electron chi connectivity index (χ0n) is 19.5. The Morgan fingerprint density at radius 1 is 1.05 bits per heavy atom. The number of anilines is 4. The molecule has 0 bridgehead atoms. The summed E-state index contributed by atoms with van der Waals surface area (Å²) in [5.74, 6) is -0.274. The highest BCUT2D eigenvalue weighted by atomic mass is 19.4. The van der Waals surface area contributed by atoms with E-state index >= 15 is 0 Å². The smallest absolute Gasteiger partial charge is 0.383 e. The second kappa shape index (κ2) is 9.82. The molecule has 5 rings (SSSR count). The number of aromatic amines is 2. The molecule has 0 radical (unpaired) electrons. The summed E-state index contributed by atoms with van der Waals surface area (Å²) < 4.78 is 45.3. The highest BCUT2D eigenvalue weighted by Crippen LogP contribution is 2.36. The molecule has 12 heteroatoms. The Morgan fingerprint density at radius 3 is 2.70 bits per heavy atom. The van der Waals surface area contributed by atoms with Gasteiger partial charge in [-0.2, -0.15) is 18.3 Å². The van der Waals surface area contributed by atoms with Crippen LogP contribution in [0.2, 0.25) is 0 Å². The quantitative estimate of drug-likeness (QED) is 0.176. The maximum atomic E-state index is 13.4. The number of amides is 1. The fraction of sp³-hybridized carbons (Fsp3) is 0.160. The first-order valence-electron chi connectivity index (χ1n) is 11.3. The summed E-state index contributed by atoms with van der Waals surface area (Å²) in [6.45, 7) is 0.827. The molecule has 190 valence electrons. The van der Waals surface area contributed by atoms with Gasteiger partial charge in [0.1, 0.15) is 0 Å². The van der Waals surface area contributed by atoms with Crippen molar-refractivity contribution < 1.29 is 22.7 Å². The number of hydrogen-bond acceptors (Lipinski definition) is 6. The van der Waals surface area contributed by atoms with E-state index in [1.54, 1.807) is 37.6 Å². The summed E-state index contributed by atoms with van der Waals surface area (Å²) in [6, 6.07) is 13.8. The average molecular weight is 509 g/mol. The van der Waals surface area contributed by atoms with Gasteiger partial charge in [-0.15, -0.1) is 0 Å². The molecule has 3 aromatic carbocycles. The van der Waals surface area contributed by atoms with Crippen LogP contribution in [0, 0.1) is 0 Å². The number of fused-ring (bicyclic) bond motifs is 2. The van der Waals surface area contributed by atoms with Gasteiger partial charge >= 0.3 is 6.18 Å². The van der Waals surface area contributed by atoms with E-state index in [0.717, 1.165) is 17.0 Å². The number of alkyl halides is 3. The topological polar surface area (TPSA) is 120 Å². The minimum absolute atomic E-state index is 0.108. The van der Waals surface area contributed by atoms with Gasteiger partial charge in [-0.05, 0) is 42.5 Å². The van der Waals surface area contributed by atoms with Crippen molar-refractivity contribution in [2.75, 3.05) is 36.2 Å². The number of rotatable bonds is 8. The monoisotopic (exact) mass is 509 g/mol. The van der Waals surface area contributed by atoms with Crippen molar-refractivity contribution in [1.29, 1.82) is 0 Å². The molecule has 0 saturated heterocycles. The second-order valence-electron chi connectivity index (χ2n) is 8.21. The number of hydrogen-bond donors (Lipinski definition) is 5. The molecule has 0 aliphatic carbocycles. The molecule has 0 aliphatic rings. The number of carbonyl (C=O) groups excluding carboxylic acids is 1. The maximum absolute atomic E-state index is 13.4. The number of methoxy groups -OCH3 is 1. The molecule has 0 spiro atoms. The Hall–Kier alpha value is -4.58. The van der Waals surface area contributed by atoms with Crippen LogP contribution in [-0.4, -0.2) is 46.3 Å². The summed E-state index contributed by atoms with van der Waals surface area (Å²) in [6.07, 6.45) is -2.85. The first-order chi connectivity index (χ1) is 17.8. The number of halogens is 3. The van der Waals surface area contributed by atoms with Gasteiger partial charge in [0.2, 0.25) is 5.95 Å². The minimum atomic E-state index is -4.53. The SMILES string of the molecule is COCCNc1cc2nc(Nc3ccccc3C(F)(F)F)[nH]c2cc1C(=O)Nc1ccc2cn[nH]c2c1. The number of benzene rings is 3. The first kappa shape index (κ1) is 24.1. The molecule has 37 heavy (non-hydrogen) atoms. The van der Waals surface area contributed by atoms with E-state index in [2.05, 4.69) is 36.1 Å². The number of ether oxygens (including phenoxy) is 1. The first-order valence-corrected chi connectivity index (χ1v) is 11.3. The lowest BCUT2D eigenvalue weighted by Gasteiger charge is -2.12. The standard InChI is InChI=1S/C25H22F3N7O2/c1-37-9-8-29-20-12-22-21(33-24(34-22)32-18-5-3-2-4-17(18)25(26,27)28)11-16(20)23(36)31-15-7-6-14-13-30-35-19(14)10-15/h2-7,10-13,29H,8-9H2,1H3,(H,30,35)(H,31,36)(H2,32,33,34). The highest BCUT2D eigenvalue weighted by Gasteiger charge is 2.33. The molecule has 0 fully saturated rings. The lowest BCUT2D eigenvalue weighted by Crippen LogP contribution is -2.16. The van der Waals surface area contributed by atoms with Crippen LogP contribution in [0.5, 0.6) is 0 Å². The van der Waals surface area contributed by atoms with Crippen LogP contribution in [0.15, 0.2) is 60.8 Å². The van der Waals surface area contributed by atoms with Crippen LogP contribution in [0.3, 0.4) is 0 Å². The van der Waals surface area contributed by atoms with Crippen molar-refractivity contribution in [3.63, 3.8) is 0 Å². The second-order valence-corrected chi connectivity index (χ2v) is 8.21. The van der Waals surface area contributed by atoms with E-state index in [9.17, 15) is 18.0 Å². The van der Waals surface area contributed by atoms with Gasteiger partial charge in [-0.25, -0.2) is 4.98 Å². The van der Waals surface area contributed by atoms with Crippen molar-refractivity contribution in [3.8, 4) is 0 Å². The molecule has 1 amide bonds. The van der Waals surface area contributed by atoms with E-state index in [-0.39, 0.29) is 17.5 Å². The van der Waals surface area contributed by atoms with Crippen molar-refractivity contribution in [2.24, 2.45) is 0 Å². The molecular formula is C25H22F3N7O2. The largest absolute Gasteiger partial charge is 0.418 e. The van der Waals surface area contributed by atoms with Gasteiger partial charge < -0.3 is 25.7 Å². The zero-order chi connectivity index (χ0) is 26.0. The van der Waals surface area contributed by atoms with Crippen LogP contribution in [0.25, 0.3) is 21.9 Å². The van der Waals surface area contributed by atoms with Gasteiger partial charge in [0.15, 0.2) is 0 Å². The van der Waals surface area contributed by atoms with Crippen LogP contribution < -0.4 is 16.0 Å². The van der Waals surface area contributed by atoms with Gasteiger partial charge in [0, 0.05) is 30.4 Å². The number of para-hydroxylation sites is 1. The summed E-state index contributed by atoms with van der Waals surface area (Å²) >= 11 is 0. The van der Waals surface area contributed by atoms with E-state index in [0.29, 0.717) is 41.1 Å². The molecule has 0 saturated carbocycles. The Bertz CT molecular complexity index is 1580. The van der Waals surface area contributed by atoms with E-state index in [4.69, 9.17) is 4.74 Å². The number of aromatic nitrogens is 4. The Labute approximate surface area is 208 Å². The number of imidazole rings is 1. The molecule has 0 atom stereocenters. The predicted octanol–water partition coefficient (Wildman–Crippen LogP) is 5.51. The van der Waals surface area contributed by atoms with Gasteiger partial charge in [0.05, 0.1) is 46.2 Å². The molecule has 0 unspecified atom stereocenters. The summed E-state index contributed by atoms with van der Waals surface area (Å²) in [7, 11) is 1.56. The van der Waals surface area contributed by atoms with Crippen LogP contribution >= 0.6 is 0 Å². The zero-order valence-corrected chi connectivity index (χ0v) is 19.5. The van der Waals surface area contributed by atoms with Gasteiger partial charge in [-0.1, -0.05) is 12.1 Å². The number of nitrogens with zero attached hydrogens (tertiary/aromatic N) is 2. The van der Waals surface area contributed by atoms with Crippen LogP contribution in [0.1, 0.15) is 15.9 Å². The third kappa shape index (κ3) is 5.19. The van der Waals surface area contributed by atoms with Crippen molar-refractivity contribution >= 4 is 50.9 Å². The number of carbonyl (C=O) groups is 1. The van der Waals surface area contributed by atoms with E-state index in [1.165, 1.54) is 18.2 Å². The molecule has 0 aliphatic heterocycles. The Morgan fingerprint density at radius 2 is 1.89 bits per heavy atom. The summed E-state index contributed by atoms with van der Waals surface area (Å²) in [5.41, 5.74) is 2.14. The highest BCUT2D eigenvalue weighted by molar-refractivity contribution is 6.10. The van der Waals surface area contributed by atoms with E-state index in [1.807, 2.05) is 6.07 Å². The lowest BCUT2D eigenvalue weighted by atomic mass is 10.1. The Balaban J connectivity index is 1.47. The normalized spacial score (nSPS) is 11.7. The predicted molar refractivity (Wildman–Crippen MR) is 135 cm³/mol. The molecule has 2 heterocycles. The number of H-pyrrole nitrogens is 2. The Kier molecular flexibility index (Phi) is 6.40. The van der Waals surface area contributed by atoms with Crippen LogP contribution in [-0.2, 0) is 10.9 Å². The molecule has 5 N–H and O–H groups in total. The number of nitrogens with one attached hydrogen (secondary N) is 5. The minimum Gasteiger partial charge on any atom is -0.383 e. The molecule has 5 aromatic rings. The van der Waals surface area contributed by atoms with Crippen molar-refractivity contribution in [2.45, 2.75) is 6.18 Å². The fourth-order valence-corrected chi connectivity index (χ4v) is 3.92. The summed E-state index contributed by atoms with van der Waals surface area (Å²) in [5, 5.41) is 16.5. The maximum Gasteiger partial charge on any atom is 0.418 e. The third-order valence-corrected chi connectivity index (χ3v) is 5.67. The molecule has 2 aromatic heterocycles. The fourth-order valence-electron chi connectivity index (χ4n) is 3.92.